The van der Waals surface area contributed by atoms with Crippen LogP contribution in [-0.4, -0.2) is 6.26 Å². The Morgan fingerprint density at radius 3 is 2.92 bits per heavy atom. The molecular weight excluding hydrogens is 168 g/mol. The molecule has 12 heavy (non-hydrogen) atoms. The average molecular weight is 178 g/mol. The lowest BCUT2D eigenvalue weighted by Crippen LogP contribution is -1.91. The molecule has 2 N–H and O–H groups in total. The lowest BCUT2D eigenvalue weighted by molar-refractivity contribution is 1.36. The maximum absolute atomic E-state index is 8.74. The van der Waals surface area contributed by atoms with Gasteiger partial charge in [-0.05, 0) is 30.0 Å². The molecule has 0 atom stereocenters. The van der Waals surface area contributed by atoms with E-state index in [2.05, 4.69) is 6.07 Å². The number of hydrogen-bond acceptors (Lipinski definition) is 3. The van der Waals surface area contributed by atoms with Crippen molar-refractivity contribution in [2.75, 3.05) is 12.0 Å². The van der Waals surface area contributed by atoms with Gasteiger partial charge >= 0.3 is 0 Å². The third-order valence-electron chi connectivity index (χ3n) is 1.55. The summed E-state index contributed by atoms with van der Waals surface area (Å²) < 4.78 is 0. The van der Waals surface area contributed by atoms with E-state index in [4.69, 9.17) is 11.0 Å². The molecule has 0 radical (unpaired) electrons. The van der Waals surface area contributed by atoms with Crippen molar-refractivity contribution in [3.8, 4) is 6.07 Å². The highest BCUT2D eigenvalue weighted by Gasteiger charge is 2.00. The molecule has 0 unspecified atom stereocenters. The Bertz CT molecular complexity index is 315. The Hall–Kier alpha value is -1.14. The summed E-state index contributed by atoms with van der Waals surface area (Å²) in [6.45, 7) is 0. The molecule has 0 aliphatic carbocycles. The van der Waals surface area contributed by atoms with Crippen LogP contribution in [0.4, 0.5) is 5.69 Å². The summed E-state index contributed by atoms with van der Waals surface area (Å²) in [5.74, 6) is 0.841. The lowest BCUT2D eigenvalue weighted by atomic mass is 10.1. The minimum Gasteiger partial charge on any atom is -0.399 e. The fourth-order valence-corrected chi connectivity index (χ4v) is 1.55. The van der Waals surface area contributed by atoms with Gasteiger partial charge in [0.2, 0.25) is 0 Å². The van der Waals surface area contributed by atoms with Crippen LogP contribution in [0.5, 0.6) is 0 Å². The van der Waals surface area contributed by atoms with Gasteiger partial charge in [0.15, 0.2) is 0 Å². The predicted octanol–water partition coefficient (Wildman–Crippen LogP) is 2.00. The van der Waals surface area contributed by atoms with Crippen LogP contribution in [0, 0.1) is 11.3 Å². The topological polar surface area (TPSA) is 49.8 Å². The quantitative estimate of drug-likeness (QED) is 0.705. The van der Waals surface area contributed by atoms with Crippen LogP contribution in [0.3, 0.4) is 0 Å². The monoisotopic (exact) mass is 178 g/mol. The summed E-state index contributed by atoms with van der Waals surface area (Å²) in [6, 6.07) is 7.51. The molecule has 0 fully saturated rings. The van der Waals surface area contributed by atoms with E-state index in [1.165, 1.54) is 0 Å². The Labute approximate surface area is 76.4 Å². The van der Waals surface area contributed by atoms with Gasteiger partial charge in [-0.3, -0.25) is 0 Å². The number of nitrogens with zero attached hydrogens (tertiary/aromatic N) is 1. The van der Waals surface area contributed by atoms with Crippen molar-refractivity contribution in [2.45, 2.75) is 5.75 Å². The minimum absolute atomic E-state index is 0.720. The summed E-state index contributed by atoms with van der Waals surface area (Å²) in [5.41, 5.74) is 8.05. The molecule has 0 bridgehead atoms. The molecular formula is C9H10N2S. The van der Waals surface area contributed by atoms with E-state index in [9.17, 15) is 0 Å². The van der Waals surface area contributed by atoms with E-state index in [0.717, 1.165) is 22.6 Å². The minimum atomic E-state index is 0.720. The van der Waals surface area contributed by atoms with E-state index in [1.807, 2.05) is 12.3 Å². The van der Waals surface area contributed by atoms with Crippen LogP contribution in [0.2, 0.25) is 0 Å². The molecule has 62 valence electrons. The predicted molar refractivity (Wildman–Crippen MR) is 52.8 cm³/mol. The third-order valence-corrected chi connectivity index (χ3v) is 2.15. The fraction of sp³-hybridized carbons (Fsp3) is 0.222. The summed E-state index contributed by atoms with van der Waals surface area (Å²) in [4.78, 5) is 0. The molecule has 0 saturated carbocycles. The van der Waals surface area contributed by atoms with Gasteiger partial charge in [0.05, 0.1) is 11.6 Å². The van der Waals surface area contributed by atoms with Crippen LogP contribution in [0.15, 0.2) is 18.2 Å². The molecule has 0 amide bonds. The van der Waals surface area contributed by atoms with Gasteiger partial charge in [0, 0.05) is 11.4 Å². The van der Waals surface area contributed by atoms with Crippen molar-refractivity contribution >= 4 is 17.4 Å². The van der Waals surface area contributed by atoms with Gasteiger partial charge < -0.3 is 5.73 Å². The summed E-state index contributed by atoms with van der Waals surface area (Å²) in [7, 11) is 0. The zero-order valence-corrected chi connectivity index (χ0v) is 7.69. The van der Waals surface area contributed by atoms with Gasteiger partial charge in [-0.15, -0.1) is 0 Å². The van der Waals surface area contributed by atoms with E-state index >= 15 is 0 Å². The molecule has 0 aromatic heterocycles. The van der Waals surface area contributed by atoms with Crippen molar-refractivity contribution in [3.05, 3.63) is 29.3 Å². The first-order valence-electron chi connectivity index (χ1n) is 3.55. The van der Waals surface area contributed by atoms with Gasteiger partial charge in [-0.25, -0.2) is 0 Å². The number of hydrogen-bond donors (Lipinski definition) is 1. The van der Waals surface area contributed by atoms with Gasteiger partial charge in [0.1, 0.15) is 0 Å². The highest BCUT2D eigenvalue weighted by atomic mass is 32.2. The normalized spacial score (nSPS) is 9.33. The molecule has 0 saturated heterocycles. The maximum atomic E-state index is 8.74. The standard InChI is InChI=1S/C9H10N2S/c1-12-6-8-4-9(11)3-2-7(8)5-10/h2-4H,6,11H2,1H3. The van der Waals surface area contributed by atoms with Crippen molar-refractivity contribution in [1.29, 1.82) is 5.26 Å². The molecule has 0 aliphatic heterocycles. The molecule has 2 nitrogen and oxygen atoms in total. The second kappa shape index (κ2) is 4.03. The van der Waals surface area contributed by atoms with E-state index in [0.29, 0.717) is 0 Å². The first-order chi connectivity index (χ1) is 5.77. The van der Waals surface area contributed by atoms with Crippen LogP contribution < -0.4 is 5.73 Å². The smallest absolute Gasteiger partial charge is 0.0994 e. The summed E-state index contributed by atoms with van der Waals surface area (Å²) >= 11 is 1.69. The summed E-state index contributed by atoms with van der Waals surface area (Å²) in [6.07, 6.45) is 2.00. The van der Waals surface area contributed by atoms with E-state index < -0.39 is 0 Å². The van der Waals surface area contributed by atoms with Crippen LogP contribution >= 0.6 is 11.8 Å². The number of nitrogen functional groups attached to an aromatic ring is 1. The molecule has 1 aromatic carbocycles. The zero-order chi connectivity index (χ0) is 8.97. The Balaban J connectivity index is 3.06. The number of benzene rings is 1. The van der Waals surface area contributed by atoms with Crippen LogP contribution in [0.25, 0.3) is 0 Å². The fourth-order valence-electron chi connectivity index (χ4n) is 0.998. The van der Waals surface area contributed by atoms with Crippen LogP contribution in [0.1, 0.15) is 11.1 Å². The van der Waals surface area contributed by atoms with Gasteiger partial charge in [0.25, 0.3) is 0 Å². The molecule has 0 spiro atoms. The highest BCUT2D eigenvalue weighted by molar-refractivity contribution is 7.97. The largest absolute Gasteiger partial charge is 0.399 e. The number of nitriles is 1. The highest BCUT2D eigenvalue weighted by Crippen LogP contribution is 2.17. The Kier molecular flexibility index (Phi) is 3.01. The molecule has 0 heterocycles. The van der Waals surface area contributed by atoms with Crippen molar-refractivity contribution < 1.29 is 0 Å². The number of anilines is 1. The second-order valence-electron chi connectivity index (χ2n) is 2.46. The average Bonchev–Trinajstić information content (AvgIpc) is 2.05. The Morgan fingerprint density at radius 2 is 2.33 bits per heavy atom. The van der Waals surface area contributed by atoms with Crippen molar-refractivity contribution in [1.82, 2.24) is 0 Å². The summed E-state index contributed by atoms with van der Waals surface area (Å²) in [5, 5.41) is 8.74. The SMILES string of the molecule is CSCc1cc(N)ccc1C#N. The van der Waals surface area contributed by atoms with Gasteiger partial charge in [-0.1, -0.05) is 0 Å². The van der Waals surface area contributed by atoms with Crippen molar-refractivity contribution in [3.63, 3.8) is 0 Å². The third kappa shape index (κ3) is 1.93. The van der Waals surface area contributed by atoms with E-state index in [1.54, 1.807) is 23.9 Å². The second-order valence-corrected chi connectivity index (χ2v) is 3.33. The maximum Gasteiger partial charge on any atom is 0.0994 e. The van der Waals surface area contributed by atoms with Crippen molar-refractivity contribution in [2.24, 2.45) is 0 Å². The number of thioether (sulfide) groups is 1. The lowest BCUT2D eigenvalue weighted by Gasteiger charge is -2.02. The van der Waals surface area contributed by atoms with E-state index in [-0.39, 0.29) is 0 Å². The number of nitrogens with two attached hydrogens (primary N) is 1. The van der Waals surface area contributed by atoms with Crippen LogP contribution in [-0.2, 0) is 5.75 Å². The molecule has 1 aromatic rings. The first kappa shape index (κ1) is 8.95. The molecule has 3 heteroatoms. The number of rotatable bonds is 2. The Morgan fingerprint density at radius 1 is 1.58 bits per heavy atom. The molecule has 0 aliphatic rings. The van der Waals surface area contributed by atoms with Gasteiger partial charge in [-0.2, -0.15) is 17.0 Å². The first-order valence-corrected chi connectivity index (χ1v) is 4.94. The molecule has 1 rings (SSSR count). The zero-order valence-electron chi connectivity index (χ0n) is 6.87.